The molecule has 0 radical (unpaired) electrons. The zero-order chi connectivity index (χ0) is 14.3. The first-order valence-electron chi connectivity index (χ1n) is 7.14. The molecule has 0 fully saturated rings. The molecule has 0 aromatic heterocycles. The molecule has 0 aliphatic carbocycles. The van der Waals surface area contributed by atoms with E-state index < -0.39 is 0 Å². The molecule has 2 N–H and O–H groups in total. The van der Waals surface area contributed by atoms with Gasteiger partial charge in [0.1, 0.15) is 11.5 Å². The van der Waals surface area contributed by atoms with Gasteiger partial charge in [0.2, 0.25) is 0 Å². The lowest BCUT2D eigenvalue weighted by atomic mass is 10.1. The van der Waals surface area contributed by atoms with Crippen LogP contribution in [0.3, 0.4) is 0 Å². The topological polar surface area (TPSA) is 44.5 Å². The normalized spacial score (nSPS) is 11.1. The predicted molar refractivity (Wildman–Crippen MR) is 80.8 cm³/mol. The first-order chi connectivity index (χ1) is 8.99. The monoisotopic (exact) mass is 265 g/mol. The summed E-state index contributed by atoms with van der Waals surface area (Å²) in [5.74, 6) is 2.85. The molecule has 0 unspecified atom stereocenters. The molecule has 0 atom stereocenters. The molecule has 0 bridgehead atoms. The van der Waals surface area contributed by atoms with Crippen molar-refractivity contribution in [3.8, 4) is 11.5 Å². The fourth-order valence-corrected chi connectivity index (χ4v) is 1.56. The van der Waals surface area contributed by atoms with Crippen molar-refractivity contribution in [3.63, 3.8) is 0 Å². The van der Waals surface area contributed by atoms with Gasteiger partial charge in [-0.05, 0) is 36.8 Å². The average molecular weight is 265 g/mol. The Bertz CT molecular complexity index is 375. The van der Waals surface area contributed by atoms with Crippen molar-refractivity contribution in [2.24, 2.45) is 11.8 Å². The molecule has 3 heteroatoms. The van der Waals surface area contributed by atoms with Crippen molar-refractivity contribution in [1.82, 2.24) is 0 Å². The fourth-order valence-electron chi connectivity index (χ4n) is 1.56. The van der Waals surface area contributed by atoms with Crippen LogP contribution < -0.4 is 15.2 Å². The maximum Gasteiger partial charge on any atom is 0.142 e. The smallest absolute Gasteiger partial charge is 0.142 e. The summed E-state index contributed by atoms with van der Waals surface area (Å²) < 4.78 is 11.3. The van der Waals surface area contributed by atoms with Crippen LogP contribution in [0, 0.1) is 11.8 Å². The number of rotatable bonds is 8. The first-order valence-corrected chi connectivity index (χ1v) is 7.14. The van der Waals surface area contributed by atoms with E-state index in [1.54, 1.807) is 0 Å². The largest absolute Gasteiger partial charge is 0.494 e. The third-order valence-corrected chi connectivity index (χ3v) is 2.90. The number of benzene rings is 1. The standard InChI is InChI=1S/C16H27NO2/c1-12(2)7-9-18-14-5-6-16(15(17)11-14)19-10-8-13(3)4/h5-6,11-13H,7-10,17H2,1-4H3. The van der Waals surface area contributed by atoms with Gasteiger partial charge in [0, 0.05) is 6.07 Å². The molecule has 1 rings (SSSR count). The summed E-state index contributed by atoms with van der Waals surface area (Å²) in [6.07, 6.45) is 2.08. The zero-order valence-electron chi connectivity index (χ0n) is 12.6. The van der Waals surface area contributed by atoms with Crippen molar-refractivity contribution in [2.75, 3.05) is 18.9 Å². The second kappa shape index (κ2) is 7.93. The lowest BCUT2D eigenvalue weighted by Gasteiger charge is -2.12. The quantitative estimate of drug-likeness (QED) is 0.719. The number of hydrogen-bond donors (Lipinski definition) is 1. The van der Waals surface area contributed by atoms with Gasteiger partial charge in [-0.25, -0.2) is 0 Å². The highest BCUT2D eigenvalue weighted by atomic mass is 16.5. The summed E-state index contributed by atoms with van der Waals surface area (Å²) in [4.78, 5) is 0. The van der Waals surface area contributed by atoms with Crippen molar-refractivity contribution in [1.29, 1.82) is 0 Å². The Hall–Kier alpha value is -1.38. The third-order valence-electron chi connectivity index (χ3n) is 2.90. The number of nitrogen functional groups attached to an aromatic ring is 1. The minimum Gasteiger partial charge on any atom is -0.494 e. The van der Waals surface area contributed by atoms with Crippen molar-refractivity contribution < 1.29 is 9.47 Å². The van der Waals surface area contributed by atoms with Gasteiger partial charge >= 0.3 is 0 Å². The molecule has 1 aromatic rings. The van der Waals surface area contributed by atoms with E-state index in [1.807, 2.05) is 18.2 Å². The van der Waals surface area contributed by atoms with Crippen LogP contribution in [0.15, 0.2) is 18.2 Å². The van der Waals surface area contributed by atoms with Crippen LogP contribution in [0.25, 0.3) is 0 Å². The lowest BCUT2D eigenvalue weighted by molar-refractivity contribution is 0.283. The molecule has 0 aliphatic heterocycles. The summed E-state index contributed by atoms with van der Waals surface area (Å²) in [7, 11) is 0. The van der Waals surface area contributed by atoms with Gasteiger partial charge < -0.3 is 15.2 Å². The van der Waals surface area contributed by atoms with Gasteiger partial charge in [0.25, 0.3) is 0 Å². The van der Waals surface area contributed by atoms with E-state index in [0.29, 0.717) is 24.1 Å². The van der Waals surface area contributed by atoms with E-state index in [9.17, 15) is 0 Å². The Balaban J connectivity index is 2.45. The Morgan fingerprint density at radius 1 is 0.947 bits per heavy atom. The first kappa shape index (κ1) is 15.7. The zero-order valence-corrected chi connectivity index (χ0v) is 12.6. The van der Waals surface area contributed by atoms with Crippen LogP contribution in [-0.4, -0.2) is 13.2 Å². The molecular formula is C16H27NO2. The number of anilines is 1. The number of ether oxygens (including phenoxy) is 2. The maximum atomic E-state index is 5.96. The van der Waals surface area contributed by atoms with Crippen molar-refractivity contribution in [2.45, 2.75) is 40.5 Å². The summed E-state index contributed by atoms with van der Waals surface area (Å²) >= 11 is 0. The molecular weight excluding hydrogens is 238 g/mol. The van der Waals surface area contributed by atoms with Crippen LogP contribution in [-0.2, 0) is 0 Å². The Morgan fingerprint density at radius 3 is 2.05 bits per heavy atom. The second-order valence-electron chi connectivity index (χ2n) is 5.76. The van der Waals surface area contributed by atoms with Crippen LogP contribution in [0.5, 0.6) is 11.5 Å². The van der Waals surface area contributed by atoms with Crippen molar-refractivity contribution in [3.05, 3.63) is 18.2 Å². The highest BCUT2D eigenvalue weighted by Crippen LogP contribution is 2.27. The Labute approximate surface area is 117 Å². The SMILES string of the molecule is CC(C)CCOc1ccc(OCCC(C)C)c(N)c1. The third kappa shape index (κ3) is 6.37. The molecule has 0 spiro atoms. The van der Waals surface area contributed by atoms with Gasteiger partial charge in [0.15, 0.2) is 0 Å². The van der Waals surface area contributed by atoms with Gasteiger partial charge in [-0.2, -0.15) is 0 Å². The van der Waals surface area contributed by atoms with Gasteiger partial charge in [-0.15, -0.1) is 0 Å². The van der Waals surface area contributed by atoms with E-state index in [1.165, 1.54) is 0 Å². The molecule has 3 nitrogen and oxygen atoms in total. The minimum atomic E-state index is 0.639. The number of hydrogen-bond acceptors (Lipinski definition) is 3. The summed E-state index contributed by atoms with van der Waals surface area (Å²) in [6, 6.07) is 5.65. The van der Waals surface area contributed by atoms with E-state index in [4.69, 9.17) is 15.2 Å². The van der Waals surface area contributed by atoms with Crippen LogP contribution >= 0.6 is 0 Å². The van der Waals surface area contributed by atoms with Gasteiger partial charge in [0.05, 0.1) is 18.9 Å². The van der Waals surface area contributed by atoms with Crippen LogP contribution in [0.4, 0.5) is 5.69 Å². The van der Waals surface area contributed by atoms with E-state index in [2.05, 4.69) is 27.7 Å². The summed E-state index contributed by atoms with van der Waals surface area (Å²) in [5.41, 5.74) is 6.61. The predicted octanol–water partition coefficient (Wildman–Crippen LogP) is 4.12. The maximum absolute atomic E-state index is 5.96. The molecule has 0 amide bonds. The second-order valence-corrected chi connectivity index (χ2v) is 5.76. The molecule has 0 aliphatic rings. The number of nitrogens with two attached hydrogens (primary N) is 1. The molecule has 0 saturated heterocycles. The van der Waals surface area contributed by atoms with Crippen LogP contribution in [0.2, 0.25) is 0 Å². The van der Waals surface area contributed by atoms with E-state index in [-0.39, 0.29) is 0 Å². The van der Waals surface area contributed by atoms with E-state index in [0.717, 1.165) is 30.9 Å². The highest BCUT2D eigenvalue weighted by Gasteiger charge is 2.04. The summed E-state index contributed by atoms with van der Waals surface area (Å²) in [5, 5.41) is 0. The van der Waals surface area contributed by atoms with Gasteiger partial charge in [-0.1, -0.05) is 27.7 Å². The fraction of sp³-hybridized carbons (Fsp3) is 0.625. The Kier molecular flexibility index (Phi) is 6.54. The van der Waals surface area contributed by atoms with Crippen LogP contribution in [0.1, 0.15) is 40.5 Å². The Morgan fingerprint density at radius 2 is 1.53 bits per heavy atom. The molecule has 0 heterocycles. The van der Waals surface area contributed by atoms with E-state index >= 15 is 0 Å². The summed E-state index contributed by atoms with van der Waals surface area (Å²) in [6.45, 7) is 10.2. The lowest BCUT2D eigenvalue weighted by Crippen LogP contribution is -2.04. The molecule has 0 saturated carbocycles. The highest BCUT2D eigenvalue weighted by molar-refractivity contribution is 5.56. The molecule has 19 heavy (non-hydrogen) atoms. The molecule has 1 aromatic carbocycles. The molecule has 108 valence electrons. The van der Waals surface area contributed by atoms with Gasteiger partial charge in [-0.3, -0.25) is 0 Å². The van der Waals surface area contributed by atoms with Crippen molar-refractivity contribution >= 4 is 5.69 Å². The minimum absolute atomic E-state index is 0.639. The average Bonchev–Trinajstić information content (AvgIpc) is 2.31.